The lowest BCUT2D eigenvalue weighted by Gasteiger charge is -2.24. The Morgan fingerprint density at radius 3 is 2.89 bits per heavy atom. The van der Waals surface area contributed by atoms with Crippen molar-refractivity contribution in [2.75, 3.05) is 18.0 Å². The van der Waals surface area contributed by atoms with Crippen LogP contribution >= 0.6 is 0 Å². The quantitative estimate of drug-likeness (QED) is 0.886. The molecule has 1 atom stereocenters. The maximum absolute atomic E-state index is 5.84. The summed E-state index contributed by atoms with van der Waals surface area (Å²) in [4.78, 5) is 2.32. The Morgan fingerprint density at radius 1 is 1.21 bits per heavy atom. The fourth-order valence-electron chi connectivity index (χ4n) is 2.93. The predicted octanol–water partition coefficient (Wildman–Crippen LogP) is 0.929. The van der Waals surface area contributed by atoms with E-state index in [2.05, 4.69) is 15.1 Å². The summed E-state index contributed by atoms with van der Waals surface area (Å²) < 4.78 is 1.92. The zero-order valence-corrected chi connectivity index (χ0v) is 10.9. The number of fused-ring (bicyclic) bond motifs is 1. The van der Waals surface area contributed by atoms with Crippen LogP contribution in [0.3, 0.4) is 0 Å². The molecule has 6 heteroatoms. The summed E-state index contributed by atoms with van der Waals surface area (Å²) in [7, 11) is 0. The summed E-state index contributed by atoms with van der Waals surface area (Å²) in [5.74, 6) is 2.57. The van der Waals surface area contributed by atoms with Gasteiger partial charge in [-0.1, -0.05) is 0 Å². The van der Waals surface area contributed by atoms with Crippen molar-refractivity contribution in [1.82, 2.24) is 19.8 Å². The molecule has 2 N–H and O–H groups in total. The number of hydrogen-bond acceptors (Lipinski definition) is 5. The highest BCUT2D eigenvalue weighted by Crippen LogP contribution is 2.38. The number of nitrogens with zero attached hydrogens (tertiary/aromatic N) is 5. The summed E-state index contributed by atoms with van der Waals surface area (Å²) in [5, 5.41) is 13.2. The molecule has 3 heterocycles. The smallest absolute Gasteiger partial charge is 0.178 e. The monoisotopic (exact) mass is 258 g/mol. The Balaban J connectivity index is 1.75. The van der Waals surface area contributed by atoms with E-state index in [-0.39, 0.29) is 0 Å². The summed E-state index contributed by atoms with van der Waals surface area (Å²) in [6, 6.07) is 4.47. The summed E-state index contributed by atoms with van der Waals surface area (Å²) in [6.45, 7) is 1.73. The third-order valence-electron chi connectivity index (χ3n) is 4.16. The van der Waals surface area contributed by atoms with Gasteiger partial charge < -0.3 is 10.6 Å². The van der Waals surface area contributed by atoms with E-state index in [1.54, 1.807) is 0 Å². The first-order chi connectivity index (χ1) is 9.36. The standard InChI is InChI=1S/C13H18N6/c14-8-10-2-1-7-18(10)12-6-5-11-15-16-13(9-3-4-9)19(11)17-12/h5-6,9-10H,1-4,7-8,14H2. The fourth-order valence-corrected chi connectivity index (χ4v) is 2.93. The van der Waals surface area contributed by atoms with E-state index >= 15 is 0 Å². The molecule has 100 valence electrons. The molecule has 4 rings (SSSR count). The zero-order valence-electron chi connectivity index (χ0n) is 10.9. The first-order valence-corrected chi connectivity index (χ1v) is 7.06. The maximum Gasteiger partial charge on any atom is 0.178 e. The second-order valence-corrected chi connectivity index (χ2v) is 5.52. The molecule has 1 aliphatic heterocycles. The first kappa shape index (κ1) is 11.2. The van der Waals surface area contributed by atoms with E-state index in [0.717, 1.165) is 30.3 Å². The van der Waals surface area contributed by atoms with Crippen molar-refractivity contribution in [2.24, 2.45) is 5.73 Å². The van der Waals surface area contributed by atoms with Crippen molar-refractivity contribution in [3.05, 3.63) is 18.0 Å². The van der Waals surface area contributed by atoms with E-state index in [9.17, 15) is 0 Å². The number of rotatable bonds is 3. The second kappa shape index (κ2) is 4.16. The summed E-state index contributed by atoms with van der Waals surface area (Å²) in [6.07, 6.45) is 4.77. The van der Waals surface area contributed by atoms with Gasteiger partial charge in [0, 0.05) is 25.0 Å². The normalized spacial score (nSPS) is 23.4. The first-order valence-electron chi connectivity index (χ1n) is 7.06. The number of hydrogen-bond donors (Lipinski definition) is 1. The minimum Gasteiger partial charge on any atom is -0.351 e. The Labute approximate surface area is 111 Å². The van der Waals surface area contributed by atoms with E-state index in [4.69, 9.17) is 10.8 Å². The van der Waals surface area contributed by atoms with Crippen molar-refractivity contribution >= 4 is 11.5 Å². The van der Waals surface area contributed by atoms with Crippen LogP contribution in [-0.4, -0.2) is 38.9 Å². The fraction of sp³-hybridized carbons (Fsp3) is 0.615. The van der Waals surface area contributed by atoms with Crippen molar-refractivity contribution in [3.8, 4) is 0 Å². The maximum atomic E-state index is 5.84. The van der Waals surface area contributed by atoms with Gasteiger partial charge in [-0.05, 0) is 37.8 Å². The molecule has 2 aliphatic rings. The molecule has 0 aromatic carbocycles. The van der Waals surface area contributed by atoms with E-state index in [1.807, 2.05) is 16.6 Å². The van der Waals surface area contributed by atoms with Gasteiger partial charge in [-0.25, -0.2) is 0 Å². The number of anilines is 1. The lowest BCUT2D eigenvalue weighted by molar-refractivity contribution is 0.663. The van der Waals surface area contributed by atoms with Crippen LogP contribution in [0.2, 0.25) is 0 Å². The largest absolute Gasteiger partial charge is 0.351 e. The van der Waals surface area contributed by atoms with Gasteiger partial charge >= 0.3 is 0 Å². The van der Waals surface area contributed by atoms with Gasteiger partial charge in [-0.3, -0.25) is 0 Å². The number of nitrogens with two attached hydrogens (primary N) is 1. The molecule has 6 nitrogen and oxygen atoms in total. The topological polar surface area (TPSA) is 72.3 Å². The summed E-state index contributed by atoms with van der Waals surface area (Å²) in [5.41, 5.74) is 6.68. The third kappa shape index (κ3) is 1.78. The molecule has 1 saturated heterocycles. The van der Waals surface area contributed by atoms with Crippen LogP contribution < -0.4 is 10.6 Å². The predicted molar refractivity (Wildman–Crippen MR) is 72.2 cm³/mol. The molecule has 2 fully saturated rings. The molecule has 0 radical (unpaired) electrons. The molecule has 19 heavy (non-hydrogen) atoms. The Bertz CT molecular complexity index is 602. The lowest BCUT2D eigenvalue weighted by Crippen LogP contribution is -2.36. The molecule has 1 unspecified atom stereocenters. The highest BCUT2D eigenvalue weighted by Gasteiger charge is 2.30. The minimum absolute atomic E-state index is 0.422. The molecule has 1 saturated carbocycles. The average molecular weight is 258 g/mol. The Morgan fingerprint density at radius 2 is 2.11 bits per heavy atom. The Kier molecular flexibility index (Phi) is 2.44. The van der Waals surface area contributed by atoms with E-state index in [1.165, 1.54) is 19.3 Å². The average Bonchev–Trinajstić information content (AvgIpc) is 3.04. The third-order valence-corrected chi connectivity index (χ3v) is 4.16. The van der Waals surface area contributed by atoms with E-state index in [0.29, 0.717) is 18.5 Å². The molecule has 2 aromatic rings. The lowest BCUT2D eigenvalue weighted by atomic mass is 10.2. The SMILES string of the molecule is NCC1CCCN1c1ccc2nnc(C3CC3)n2n1. The van der Waals surface area contributed by atoms with Crippen molar-refractivity contribution in [3.63, 3.8) is 0 Å². The van der Waals surface area contributed by atoms with Gasteiger partial charge in [-0.15, -0.1) is 15.3 Å². The minimum atomic E-state index is 0.422. The van der Waals surface area contributed by atoms with Crippen LogP contribution in [0.25, 0.3) is 5.65 Å². The van der Waals surface area contributed by atoms with Crippen LogP contribution in [0, 0.1) is 0 Å². The highest BCUT2D eigenvalue weighted by atomic mass is 15.4. The van der Waals surface area contributed by atoms with Crippen LogP contribution in [-0.2, 0) is 0 Å². The van der Waals surface area contributed by atoms with Crippen LogP contribution in [0.15, 0.2) is 12.1 Å². The van der Waals surface area contributed by atoms with Crippen LogP contribution in [0.4, 0.5) is 5.82 Å². The summed E-state index contributed by atoms with van der Waals surface area (Å²) >= 11 is 0. The van der Waals surface area contributed by atoms with Gasteiger partial charge in [0.05, 0.1) is 0 Å². The van der Waals surface area contributed by atoms with Crippen LogP contribution in [0.1, 0.15) is 37.4 Å². The zero-order chi connectivity index (χ0) is 12.8. The molecule has 1 aliphatic carbocycles. The Hall–Kier alpha value is -1.69. The van der Waals surface area contributed by atoms with E-state index < -0.39 is 0 Å². The second-order valence-electron chi connectivity index (χ2n) is 5.52. The molecule has 0 amide bonds. The van der Waals surface area contributed by atoms with Crippen LogP contribution in [0.5, 0.6) is 0 Å². The number of aromatic nitrogens is 4. The van der Waals surface area contributed by atoms with Gasteiger partial charge in [0.1, 0.15) is 5.82 Å². The van der Waals surface area contributed by atoms with Gasteiger partial charge in [0.15, 0.2) is 11.5 Å². The molecular weight excluding hydrogens is 240 g/mol. The molecule has 0 bridgehead atoms. The van der Waals surface area contributed by atoms with Crippen molar-refractivity contribution in [2.45, 2.75) is 37.6 Å². The van der Waals surface area contributed by atoms with Crippen molar-refractivity contribution in [1.29, 1.82) is 0 Å². The van der Waals surface area contributed by atoms with Gasteiger partial charge in [-0.2, -0.15) is 4.52 Å². The van der Waals surface area contributed by atoms with Crippen molar-refractivity contribution < 1.29 is 0 Å². The molecule has 2 aromatic heterocycles. The molecular formula is C13H18N6. The highest BCUT2D eigenvalue weighted by molar-refractivity contribution is 5.47. The van der Waals surface area contributed by atoms with Gasteiger partial charge in [0.2, 0.25) is 0 Å². The van der Waals surface area contributed by atoms with Gasteiger partial charge in [0.25, 0.3) is 0 Å². The molecule has 0 spiro atoms.